The molecule has 0 aliphatic carbocycles. The first-order valence-electron chi connectivity index (χ1n) is 10.6. The van der Waals surface area contributed by atoms with E-state index in [1.54, 1.807) is 6.07 Å². The van der Waals surface area contributed by atoms with Gasteiger partial charge in [-0.2, -0.15) is 0 Å². The van der Waals surface area contributed by atoms with Gasteiger partial charge in [0.1, 0.15) is 5.70 Å². The molecule has 2 amide bonds. The molecule has 1 N–H and O–H groups in total. The van der Waals surface area contributed by atoms with Crippen LogP contribution in [-0.2, 0) is 9.59 Å². The molecule has 0 unspecified atom stereocenters. The van der Waals surface area contributed by atoms with Crippen LogP contribution in [0.25, 0.3) is 5.57 Å². The molecule has 4 rings (SSSR count). The summed E-state index contributed by atoms with van der Waals surface area (Å²) >= 11 is 0. The van der Waals surface area contributed by atoms with Crippen molar-refractivity contribution >= 4 is 34.4 Å². The molecule has 5 heteroatoms. The van der Waals surface area contributed by atoms with Gasteiger partial charge < -0.3 is 10.2 Å². The Balaban J connectivity index is 1.84. The maximum atomic E-state index is 13.6. The number of anilines is 3. The van der Waals surface area contributed by atoms with Crippen LogP contribution in [0.1, 0.15) is 22.3 Å². The fourth-order valence-electron chi connectivity index (χ4n) is 3.78. The number of carbonyl (C=O) groups is 2. The molecule has 0 fully saturated rings. The number of hydrogen-bond donors (Lipinski definition) is 1. The zero-order valence-electron chi connectivity index (χ0n) is 19.1. The van der Waals surface area contributed by atoms with E-state index in [2.05, 4.69) is 5.32 Å². The lowest BCUT2D eigenvalue weighted by Crippen LogP contribution is -2.32. The van der Waals surface area contributed by atoms with Crippen LogP contribution in [-0.4, -0.2) is 25.9 Å². The highest BCUT2D eigenvalue weighted by Gasteiger charge is 2.40. The van der Waals surface area contributed by atoms with Gasteiger partial charge in [0.05, 0.1) is 11.3 Å². The average molecular weight is 426 g/mol. The third kappa shape index (κ3) is 3.89. The van der Waals surface area contributed by atoms with Crippen LogP contribution < -0.4 is 15.1 Å². The van der Waals surface area contributed by atoms with E-state index in [0.29, 0.717) is 22.5 Å². The molecule has 1 aliphatic heterocycles. The van der Waals surface area contributed by atoms with Gasteiger partial charge in [-0.05, 0) is 61.7 Å². The maximum absolute atomic E-state index is 13.6. The van der Waals surface area contributed by atoms with E-state index in [4.69, 9.17) is 0 Å². The van der Waals surface area contributed by atoms with Crippen molar-refractivity contribution < 1.29 is 9.59 Å². The first-order chi connectivity index (χ1) is 15.3. The Bertz CT molecular complexity index is 1240. The predicted molar refractivity (Wildman–Crippen MR) is 131 cm³/mol. The highest BCUT2D eigenvalue weighted by Crippen LogP contribution is 2.35. The highest BCUT2D eigenvalue weighted by molar-refractivity contribution is 6.46. The van der Waals surface area contributed by atoms with Crippen LogP contribution in [0.15, 0.2) is 72.4 Å². The Morgan fingerprint density at radius 2 is 1.47 bits per heavy atom. The van der Waals surface area contributed by atoms with Gasteiger partial charge in [0.2, 0.25) is 0 Å². The number of carbonyl (C=O) groups excluding carboxylic acids is 2. The summed E-state index contributed by atoms with van der Waals surface area (Å²) in [5, 5.41) is 3.29. The Hall–Kier alpha value is -3.86. The molecule has 1 heterocycles. The second-order valence-corrected chi connectivity index (χ2v) is 8.42. The molecule has 0 bridgehead atoms. The smallest absolute Gasteiger partial charge is 0.282 e. The molecule has 0 radical (unpaired) electrons. The quantitative estimate of drug-likeness (QED) is 0.580. The van der Waals surface area contributed by atoms with E-state index >= 15 is 0 Å². The summed E-state index contributed by atoms with van der Waals surface area (Å²) in [6, 6.07) is 21.1. The van der Waals surface area contributed by atoms with Crippen LogP contribution in [0.2, 0.25) is 0 Å². The first kappa shape index (κ1) is 21.4. The van der Waals surface area contributed by atoms with Crippen molar-refractivity contribution in [3.05, 3.63) is 94.7 Å². The van der Waals surface area contributed by atoms with Crippen LogP contribution in [0.3, 0.4) is 0 Å². The maximum Gasteiger partial charge on any atom is 0.282 e. The Morgan fingerprint density at radius 3 is 2.16 bits per heavy atom. The largest absolute Gasteiger partial charge is 0.378 e. The molecular formula is C27H27N3O2. The Morgan fingerprint density at radius 1 is 0.781 bits per heavy atom. The number of rotatable bonds is 5. The van der Waals surface area contributed by atoms with Gasteiger partial charge >= 0.3 is 0 Å². The van der Waals surface area contributed by atoms with Crippen LogP contribution >= 0.6 is 0 Å². The summed E-state index contributed by atoms with van der Waals surface area (Å²) in [6.45, 7) is 5.97. The van der Waals surface area contributed by atoms with Gasteiger partial charge in [-0.15, -0.1) is 0 Å². The van der Waals surface area contributed by atoms with Crippen LogP contribution in [0.5, 0.6) is 0 Å². The molecule has 1 aliphatic rings. The molecule has 3 aromatic rings. The molecule has 0 atom stereocenters. The van der Waals surface area contributed by atoms with Crippen molar-refractivity contribution in [3.8, 4) is 0 Å². The summed E-state index contributed by atoms with van der Waals surface area (Å²) < 4.78 is 0. The van der Waals surface area contributed by atoms with E-state index in [0.717, 1.165) is 28.1 Å². The second kappa shape index (κ2) is 8.35. The van der Waals surface area contributed by atoms with E-state index in [1.807, 2.05) is 100 Å². The number of nitrogens with zero attached hydrogens (tertiary/aromatic N) is 2. The van der Waals surface area contributed by atoms with E-state index in [-0.39, 0.29) is 11.8 Å². The van der Waals surface area contributed by atoms with E-state index < -0.39 is 0 Å². The van der Waals surface area contributed by atoms with Crippen molar-refractivity contribution in [3.63, 3.8) is 0 Å². The van der Waals surface area contributed by atoms with Gasteiger partial charge in [0.25, 0.3) is 11.8 Å². The molecule has 0 saturated carbocycles. The van der Waals surface area contributed by atoms with Crippen molar-refractivity contribution in [2.45, 2.75) is 20.8 Å². The average Bonchev–Trinajstić information content (AvgIpc) is 3.01. The number of hydrogen-bond acceptors (Lipinski definition) is 4. The van der Waals surface area contributed by atoms with Gasteiger partial charge in [-0.3, -0.25) is 9.59 Å². The monoisotopic (exact) mass is 425 g/mol. The molecule has 5 nitrogen and oxygen atoms in total. The minimum Gasteiger partial charge on any atom is -0.378 e. The lowest BCUT2D eigenvalue weighted by Gasteiger charge is -2.19. The number of benzene rings is 3. The van der Waals surface area contributed by atoms with Crippen molar-refractivity contribution in [1.29, 1.82) is 0 Å². The fraction of sp³-hybridized carbons (Fsp3) is 0.185. The van der Waals surface area contributed by atoms with E-state index in [9.17, 15) is 9.59 Å². The normalized spacial score (nSPS) is 13.7. The number of imide groups is 1. The van der Waals surface area contributed by atoms with Gasteiger partial charge in [0, 0.05) is 25.5 Å². The molecule has 0 aromatic heterocycles. The number of nitrogens with one attached hydrogen (secondary N) is 1. The SMILES string of the molecule is Cc1ccc(C2=C(Nc3cc(C)ccc3C)C(=O)N(c3cccc(N(C)C)c3)C2=O)cc1. The standard InChI is InChI=1S/C27H27N3O2/c1-17-10-13-20(14-11-17)24-25(28-23-15-18(2)9-12-19(23)3)27(32)30(26(24)31)22-8-6-7-21(16-22)29(4)5/h6-16,28H,1-5H3. The van der Waals surface area contributed by atoms with E-state index in [1.165, 1.54) is 4.90 Å². The summed E-state index contributed by atoms with van der Waals surface area (Å²) in [6.07, 6.45) is 0. The third-order valence-corrected chi connectivity index (χ3v) is 5.68. The molecule has 0 saturated heterocycles. The Kier molecular flexibility index (Phi) is 5.57. The minimum atomic E-state index is -0.359. The Labute approximate surface area is 189 Å². The van der Waals surface area contributed by atoms with Crippen molar-refractivity contribution in [2.75, 3.05) is 29.2 Å². The summed E-state index contributed by atoms with van der Waals surface area (Å²) in [4.78, 5) is 30.5. The molecule has 0 spiro atoms. The topological polar surface area (TPSA) is 52.7 Å². The molecule has 3 aromatic carbocycles. The fourth-order valence-corrected chi connectivity index (χ4v) is 3.78. The third-order valence-electron chi connectivity index (χ3n) is 5.68. The lowest BCUT2D eigenvalue weighted by molar-refractivity contribution is -0.120. The highest BCUT2D eigenvalue weighted by atomic mass is 16.2. The number of amides is 2. The minimum absolute atomic E-state index is 0.294. The van der Waals surface area contributed by atoms with Crippen molar-refractivity contribution in [2.24, 2.45) is 0 Å². The zero-order valence-corrected chi connectivity index (χ0v) is 19.1. The summed E-state index contributed by atoms with van der Waals surface area (Å²) in [5.41, 5.74) is 6.83. The summed E-state index contributed by atoms with van der Waals surface area (Å²) in [7, 11) is 3.85. The van der Waals surface area contributed by atoms with Gasteiger partial charge in [-0.1, -0.05) is 48.0 Å². The van der Waals surface area contributed by atoms with Crippen LogP contribution in [0, 0.1) is 20.8 Å². The summed E-state index contributed by atoms with van der Waals surface area (Å²) in [5.74, 6) is -0.690. The zero-order chi connectivity index (χ0) is 23.0. The van der Waals surface area contributed by atoms with Crippen LogP contribution in [0.4, 0.5) is 17.1 Å². The molecule has 32 heavy (non-hydrogen) atoms. The van der Waals surface area contributed by atoms with Gasteiger partial charge in [-0.25, -0.2) is 4.90 Å². The first-order valence-corrected chi connectivity index (χ1v) is 10.6. The predicted octanol–water partition coefficient (Wildman–Crippen LogP) is 5.07. The molecular weight excluding hydrogens is 398 g/mol. The lowest BCUT2D eigenvalue weighted by atomic mass is 10.0. The second-order valence-electron chi connectivity index (χ2n) is 8.42. The molecule has 162 valence electrons. The van der Waals surface area contributed by atoms with Gasteiger partial charge in [0.15, 0.2) is 0 Å². The van der Waals surface area contributed by atoms with Crippen molar-refractivity contribution in [1.82, 2.24) is 0 Å². The number of aryl methyl sites for hydroxylation is 3.